The van der Waals surface area contributed by atoms with Crippen LogP contribution in [0, 0.1) is 0 Å². The van der Waals surface area contributed by atoms with Gasteiger partial charge in [-0.05, 0) is 11.6 Å². The highest BCUT2D eigenvalue weighted by molar-refractivity contribution is 7.80. The molecule has 0 radical (unpaired) electrons. The number of nitrogens with zero attached hydrogens (tertiary/aromatic N) is 4. The second-order valence-corrected chi connectivity index (χ2v) is 5.77. The number of benzene rings is 1. The molecule has 1 aliphatic rings. The number of rotatable bonds is 4. The Balaban J connectivity index is 1.62. The van der Waals surface area contributed by atoms with Crippen LogP contribution < -0.4 is 10.6 Å². The van der Waals surface area contributed by atoms with Crippen LogP contribution in [0.5, 0.6) is 0 Å². The van der Waals surface area contributed by atoms with E-state index in [2.05, 4.69) is 25.8 Å². The van der Waals surface area contributed by atoms with Gasteiger partial charge in [-0.15, -0.1) is 0 Å². The molecule has 1 aromatic heterocycles. The number of hydrogen-bond acceptors (Lipinski definition) is 5. The lowest BCUT2D eigenvalue weighted by Gasteiger charge is -2.34. The topological polar surface area (TPSA) is 58.3 Å². The van der Waals surface area contributed by atoms with Gasteiger partial charge in [-0.2, -0.15) is 0 Å². The van der Waals surface area contributed by atoms with Gasteiger partial charge in [-0.3, -0.25) is 4.90 Å². The minimum atomic E-state index is 0.465. The maximum atomic E-state index is 5.81. The molecule has 0 atom stereocenters. The van der Waals surface area contributed by atoms with Gasteiger partial charge >= 0.3 is 0 Å². The average Bonchev–Trinajstić information content (AvgIpc) is 2.57. The van der Waals surface area contributed by atoms with Crippen LogP contribution >= 0.6 is 12.2 Å². The largest absolute Gasteiger partial charge is 0.389 e. The number of thiocarbonyl (C=S) groups is 1. The lowest BCUT2D eigenvalue weighted by Crippen LogP contribution is -2.46. The van der Waals surface area contributed by atoms with E-state index in [1.807, 2.05) is 24.3 Å². The first-order valence-electron chi connectivity index (χ1n) is 7.36. The summed E-state index contributed by atoms with van der Waals surface area (Å²) in [4.78, 5) is 13.7. The molecule has 2 heterocycles. The summed E-state index contributed by atoms with van der Waals surface area (Å²) < 4.78 is 0. The molecule has 2 aromatic rings. The molecule has 1 saturated heterocycles. The van der Waals surface area contributed by atoms with Crippen LogP contribution in [0.15, 0.2) is 42.7 Å². The molecule has 0 unspecified atom stereocenters. The highest BCUT2D eigenvalue weighted by Crippen LogP contribution is 2.15. The van der Waals surface area contributed by atoms with E-state index in [0.29, 0.717) is 4.99 Å². The molecule has 114 valence electrons. The number of aromatic nitrogens is 2. The minimum Gasteiger partial charge on any atom is -0.389 e. The molecule has 0 spiro atoms. The van der Waals surface area contributed by atoms with Crippen molar-refractivity contribution in [3.05, 3.63) is 53.9 Å². The zero-order chi connectivity index (χ0) is 15.4. The van der Waals surface area contributed by atoms with Gasteiger partial charge in [0.2, 0.25) is 5.95 Å². The highest BCUT2D eigenvalue weighted by Gasteiger charge is 2.19. The van der Waals surface area contributed by atoms with Crippen LogP contribution in [0.25, 0.3) is 0 Å². The molecular weight excluding hydrogens is 294 g/mol. The van der Waals surface area contributed by atoms with Gasteiger partial charge in [0.1, 0.15) is 4.99 Å². The fourth-order valence-corrected chi connectivity index (χ4v) is 2.90. The van der Waals surface area contributed by atoms with Crippen LogP contribution in [-0.4, -0.2) is 46.0 Å². The molecule has 1 fully saturated rings. The van der Waals surface area contributed by atoms with Crippen LogP contribution in [-0.2, 0) is 6.54 Å². The molecule has 0 bridgehead atoms. The van der Waals surface area contributed by atoms with Gasteiger partial charge in [-0.25, -0.2) is 9.97 Å². The Labute approximate surface area is 135 Å². The average molecular weight is 313 g/mol. The van der Waals surface area contributed by atoms with E-state index in [1.54, 1.807) is 12.4 Å². The maximum absolute atomic E-state index is 5.81. The van der Waals surface area contributed by atoms with Gasteiger partial charge in [0, 0.05) is 50.7 Å². The number of hydrogen-bond donors (Lipinski definition) is 1. The summed E-state index contributed by atoms with van der Waals surface area (Å²) in [6, 6.07) is 9.94. The van der Waals surface area contributed by atoms with Crippen molar-refractivity contribution in [1.82, 2.24) is 14.9 Å². The summed E-state index contributed by atoms with van der Waals surface area (Å²) in [6.45, 7) is 4.68. The third-order valence-corrected chi connectivity index (χ3v) is 4.10. The Morgan fingerprint density at radius 2 is 1.73 bits per heavy atom. The summed E-state index contributed by atoms with van der Waals surface area (Å²) in [5.41, 5.74) is 7.98. The second-order valence-electron chi connectivity index (χ2n) is 5.33. The van der Waals surface area contributed by atoms with E-state index in [9.17, 15) is 0 Å². The quantitative estimate of drug-likeness (QED) is 0.862. The van der Waals surface area contributed by atoms with Crippen LogP contribution in [0.3, 0.4) is 0 Å². The summed E-state index contributed by atoms with van der Waals surface area (Å²) in [6.07, 6.45) is 3.57. The number of piperazine rings is 1. The van der Waals surface area contributed by atoms with Crippen molar-refractivity contribution >= 4 is 23.2 Å². The third-order valence-electron chi connectivity index (χ3n) is 3.88. The predicted molar refractivity (Wildman–Crippen MR) is 91.9 cm³/mol. The van der Waals surface area contributed by atoms with E-state index >= 15 is 0 Å². The van der Waals surface area contributed by atoms with Gasteiger partial charge < -0.3 is 10.6 Å². The van der Waals surface area contributed by atoms with Crippen molar-refractivity contribution in [2.45, 2.75) is 6.54 Å². The molecule has 5 nitrogen and oxygen atoms in total. The van der Waals surface area contributed by atoms with Crippen molar-refractivity contribution < 1.29 is 0 Å². The lowest BCUT2D eigenvalue weighted by molar-refractivity contribution is 0.248. The van der Waals surface area contributed by atoms with Gasteiger partial charge in [-0.1, -0.05) is 36.5 Å². The third kappa shape index (κ3) is 3.40. The zero-order valence-corrected chi connectivity index (χ0v) is 13.2. The Morgan fingerprint density at radius 1 is 1.05 bits per heavy atom. The zero-order valence-electron chi connectivity index (χ0n) is 12.4. The normalized spacial score (nSPS) is 15.7. The van der Waals surface area contributed by atoms with E-state index in [1.165, 1.54) is 5.56 Å². The van der Waals surface area contributed by atoms with Crippen molar-refractivity contribution in [2.75, 3.05) is 31.1 Å². The SMILES string of the molecule is NC(=S)c1ccccc1CN1CCN(c2ncccn2)CC1. The first-order chi connectivity index (χ1) is 10.7. The molecule has 1 aromatic carbocycles. The van der Waals surface area contributed by atoms with E-state index in [-0.39, 0.29) is 0 Å². The molecule has 0 amide bonds. The molecule has 3 rings (SSSR count). The fourth-order valence-electron chi connectivity index (χ4n) is 2.70. The number of nitrogens with two attached hydrogens (primary N) is 1. The fraction of sp³-hybridized carbons (Fsp3) is 0.312. The molecular formula is C16H19N5S. The van der Waals surface area contributed by atoms with Crippen molar-refractivity contribution in [1.29, 1.82) is 0 Å². The molecule has 0 saturated carbocycles. The second kappa shape index (κ2) is 6.81. The maximum Gasteiger partial charge on any atom is 0.225 e. The molecule has 1 aliphatic heterocycles. The van der Waals surface area contributed by atoms with Crippen LogP contribution in [0.2, 0.25) is 0 Å². The summed E-state index contributed by atoms with van der Waals surface area (Å²) in [5.74, 6) is 0.811. The van der Waals surface area contributed by atoms with Crippen molar-refractivity contribution in [2.24, 2.45) is 5.73 Å². The summed E-state index contributed by atoms with van der Waals surface area (Å²) >= 11 is 5.13. The van der Waals surface area contributed by atoms with E-state index in [0.717, 1.165) is 44.2 Å². The van der Waals surface area contributed by atoms with E-state index in [4.69, 9.17) is 18.0 Å². The molecule has 22 heavy (non-hydrogen) atoms. The lowest BCUT2D eigenvalue weighted by atomic mass is 10.1. The molecule has 2 N–H and O–H groups in total. The van der Waals surface area contributed by atoms with Gasteiger partial charge in [0.25, 0.3) is 0 Å². The smallest absolute Gasteiger partial charge is 0.225 e. The van der Waals surface area contributed by atoms with E-state index < -0.39 is 0 Å². The summed E-state index contributed by atoms with van der Waals surface area (Å²) in [5, 5.41) is 0. The van der Waals surface area contributed by atoms with Crippen LogP contribution in [0.4, 0.5) is 5.95 Å². The monoisotopic (exact) mass is 313 g/mol. The Bertz CT molecular complexity index is 638. The molecule has 0 aliphatic carbocycles. The van der Waals surface area contributed by atoms with Gasteiger partial charge in [0.05, 0.1) is 0 Å². The first kappa shape index (κ1) is 14.9. The Hall–Kier alpha value is -2.05. The summed E-state index contributed by atoms with van der Waals surface area (Å²) in [7, 11) is 0. The Kier molecular flexibility index (Phi) is 4.60. The minimum absolute atomic E-state index is 0.465. The van der Waals surface area contributed by atoms with Crippen molar-refractivity contribution in [3.8, 4) is 0 Å². The first-order valence-corrected chi connectivity index (χ1v) is 7.77. The predicted octanol–water partition coefficient (Wildman–Crippen LogP) is 1.43. The standard InChI is InChI=1S/C16H19N5S/c17-15(22)14-5-2-1-4-13(14)12-20-8-10-21(11-9-20)16-18-6-3-7-19-16/h1-7H,8-12H2,(H2,17,22). The van der Waals surface area contributed by atoms with Gasteiger partial charge in [0.15, 0.2) is 0 Å². The number of anilines is 1. The van der Waals surface area contributed by atoms with Crippen LogP contribution in [0.1, 0.15) is 11.1 Å². The highest BCUT2D eigenvalue weighted by atomic mass is 32.1. The van der Waals surface area contributed by atoms with Crippen molar-refractivity contribution in [3.63, 3.8) is 0 Å². The molecule has 6 heteroatoms. The Morgan fingerprint density at radius 3 is 2.41 bits per heavy atom.